The van der Waals surface area contributed by atoms with Crippen LogP contribution in [-0.2, 0) is 19.1 Å². The quantitative estimate of drug-likeness (QED) is 0.240. The van der Waals surface area contributed by atoms with Crippen LogP contribution in [0.4, 0.5) is 0 Å². The Morgan fingerprint density at radius 3 is 1.51 bits per heavy atom. The highest BCUT2D eigenvalue weighted by Gasteiger charge is 2.40. The molecule has 2 aromatic rings. The van der Waals surface area contributed by atoms with Gasteiger partial charge in [-0.2, -0.15) is 0 Å². The lowest BCUT2D eigenvalue weighted by atomic mass is 9.69. The summed E-state index contributed by atoms with van der Waals surface area (Å²) in [6, 6.07) is 7.22. The molecule has 5 fully saturated rings. The number of carbonyl (C=O) groups excluding carboxylic acids is 2. The van der Waals surface area contributed by atoms with Gasteiger partial charge in [0.2, 0.25) is 5.89 Å². The van der Waals surface area contributed by atoms with Crippen LogP contribution in [0.15, 0.2) is 33.5 Å². The van der Waals surface area contributed by atoms with Gasteiger partial charge in [-0.05, 0) is 138 Å². The van der Waals surface area contributed by atoms with Crippen molar-refractivity contribution in [3.8, 4) is 0 Å². The van der Waals surface area contributed by atoms with Crippen molar-refractivity contribution in [2.45, 2.75) is 167 Å². The minimum Gasteiger partial charge on any atom is -0.462 e. The average molecular weight is 702 g/mol. The van der Waals surface area contributed by atoms with E-state index in [1.54, 1.807) is 12.1 Å². The van der Waals surface area contributed by atoms with E-state index in [0.717, 1.165) is 86.9 Å². The first-order valence-corrected chi connectivity index (χ1v) is 21.2. The van der Waals surface area contributed by atoms with Gasteiger partial charge in [-0.25, -0.2) is 9.78 Å². The molecular weight excluding hydrogens is 638 g/mol. The first-order valence-electron chi connectivity index (χ1n) is 21.2. The van der Waals surface area contributed by atoms with E-state index in [1.807, 2.05) is 12.1 Å². The molecule has 1 heterocycles. The maximum absolute atomic E-state index is 13.7. The number of para-hydroxylation sites is 1. The van der Waals surface area contributed by atoms with Crippen LogP contribution >= 0.6 is 0 Å². The van der Waals surface area contributed by atoms with Crippen LogP contribution in [0.1, 0.15) is 160 Å². The Hall–Kier alpha value is -2.70. The number of ether oxygens (including phenoxy) is 2. The highest BCUT2D eigenvalue weighted by Crippen LogP contribution is 2.45. The fourth-order valence-corrected chi connectivity index (χ4v) is 11.1. The number of hydrogen-bond donors (Lipinski definition) is 0. The van der Waals surface area contributed by atoms with Gasteiger partial charge in [0.25, 0.3) is 0 Å². The van der Waals surface area contributed by atoms with Crippen LogP contribution in [0.2, 0.25) is 0 Å². The van der Waals surface area contributed by atoms with Gasteiger partial charge in [-0.3, -0.25) is 9.59 Å². The molecule has 51 heavy (non-hydrogen) atoms. The summed E-state index contributed by atoms with van der Waals surface area (Å²) in [7, 11) is 0. The summed E-state index contributed by atoms with van der Waals surface area (Å²) in [6.07, 6.45) is 22.2. The van der Waals surface area contributed by atoms with Gasteiger partial charge in [0, 0.05) is 12.3 Å². The first kappa shape index (κ1) is 36.6. The zero-order chi connectivity index (χ0) is 35.3. The van der Waals surface area contributed by atoms with E-state index >= 15 is 0 Å². The smallest absolute Gasteiger partial charge is 0.346 e. The predicted molar refractivity (Wildman–Crippen MR) is 199 cm³/mol. The molecule has 0 amide bonds. The Morgan fingerprint density at radius 1 is 0.627 bits per heavy atom. The SMILES string of the molecule is CCC1CCC(C2CCC(C(=O)OC3CC(OC(=O)C4CCC(C5CCC(CC)CC5)CC4)CC(c4nc5ccccc5c(=O)o4)C3)CC2)CC1. The number of aromatic nitrogens is 1. The zero-order valence-corrected chi connectivity index (χ0v) is 31.4. The fraction of sp³-hybridized carbons (Fsp3) is 0.773. The molecule has 1 aromatic carbocycles. The lowest BCUT2D eigenvalue weighted by Crippen LogP contribution is -2.38. The van der Waals surface area contributed by atoms with Crippen molar-refractivity contribution in [2.24, 2.45) is 47.3 Å². The van der Waals surface area contributed by atoms with Crippen LogP contribution in [0, 0.1) is 47.3 Å². The van der Waals surface area contributed by atoms with Crippen molar-refractivity contribution in [3.05, 3.63) is 40.6 Å². The number of rotatable bonds is 9. The van der Waals surface area contributed by atoms with Gasteiger partial charge >= 0.3 is 17.6 Å². The van der Waals surface area contributed by atoms with Gasteiger partial charge in [-0.15, -0.1) is 0 Å². The second-order valence-electron chi connectivity index (χ2n) is 17.5. The van der Waals surface area contributed by atoms with Crippen molar-refractivity contribution in [1.82, 2.24) is 4.98 Å². The lowest BCUT2D eigenvalue weighted by Gasteiger charge is -2.38. The van der Waals surface area contributed by atoms with Crippen LogP contribution in [0.5, 0.6) is 0 Å². The highest BCUT2D eigenvalue weighted by molar-refractivity contribution is 5.76. The molecule has 0 saturated heterocycles. The molecule has 0 N–H and O–H groups in total. The van der Waals surface area contributed by atoms with E-state index in [-0.39, 0.29) is 29.7 Å². The van der Waals surface area contributed by atoms with Crippen molar-refractivity contribution in [2.75, 3.05) is 0 Å². The summed E-state index contributed by atoms with van der Waals surface area (Å²) < 4.78 is 18.4. The predicted octanol–water partition coefficient (Wildman–Crippen LogP) is 10.3. The van der Waals surface area contributed by atoms with E-state index in [9.17, 15) is 14.4 Å². The second kappa shape index (κ2) is 17.0. The third kappa shape index (κ3) is 8.92. The number of carbonyl (C=O) groups is 2. The summed E-state index contributed by atoms with van der Waals surface area (Å²) >= 11 is 0. The third-order valence-electron chi connectivity index (χ3n) is 14.6. The van der Waals surface area contributed by atoms with E-state index in [2.05, 4.69) is 13.8 Å². The molecule has 7 rings (SSSR count). The van der Waals surface area contributed by atoms with Crippen molar-refractivity contribution in [1.29, 1.82) is 0 Å². The molecule has 0 aliphatic heterocycles. The normalized spacial score (nSPS) is 36.3. The van der Waals surface area contributed by atoms with Gasteiger partial charge < -0.3 is 13.9 Å². The molecule has 280 valence electrons. The van der Waals surface area contributed by atoms with Crippen molar-refractivity contribution < 1.29 is 23.5 Å². The maximum Gasteiger partial charge on any atom is 0.346 e. The lowest BCUT2D eigenvalue weighted by molar-refractivity contribution is -0.166. The van der Waals surface area contributed by atoms with Crippen LogP contribution in [-0.4, -0.2) is 29.1 Å². The van der Waals surface area contributed by atoms with E-state index in [1.165, 1.54) is 64.2 Å². The summed E-state index contributed by atoms with van der Waals surface area (Å²) in [5, 5.41) is 0.450. The Kier molecular flexibility index (Phi) is 12.2. The molecule has 7 heteroatoms. The van der Waals surface area contributed by atoms with E-state index in [0.29, 0.717) is 36.1 Å². The van der Waals surface area contributed by atoms with Crippen molar-refractivity contribution in [3.63, 3.8) is 0 Å². The van der Waals surface area contributed by atoms with Gasteiger partial charge in [0.1, 0.15) is 12.2 Å². The zero-order valence-electron chi connectivity index (χ0n) is 31.4. The van der Waals surface area contributed by atoms with Gasteiger partial charge in [0.15, 0.2) is 0 Å². The highest BCUT2D eigenvalue weighted by atomic mass is 16.6. The average Bonchev–Trinajstić information content (AvgIpc) is 3.18. The molecule has 0 spiro atoms. The molecule has 5 saturated carbocycles. The summed E-state index contributed by atoms with van der Waals surface area (Å²) in [5.74, 6) is 4.62. The van der Waals surface area contributed by atoms with E-state index in [4.69, 9.17) is 18.9 Å². The molecule has 0 radical (unpaired) electrons. The van der Waals surface area contributed by atoms with E-state index < -0.39 is 17.8 Å². The molecule has 5 aliphatic carbocycles. The number of hydrogen-bond acceptors (Lipinski definition) is 7. The molecule has 2 unspecified atom stereocenters. The first-order chi connectivity index (χ1) is 24.9. The van der Waals surface area contributed by atoms with Gasteiger partial charge in [-0.1, -0.05) is 64.5 Å². The Bertz CT molecular complexity index is 1440. The molecule has 7 nitrogen and oxygen atoms in total. The minimum atomic E-state index is -0.414. The summed E-state index contributed by atoms with van der Waals surface area (Å²) in [6.45, 7) is 4.64. The number of nitrogens with zero attached hydrogens (tertiary/aromatic N) is 1. The summed E-state index contributed by atoms with van der Waals surface area (Å²) in [4.78, 5) is 45.0. The monoisotopic (exact) mass is 701 g/mol. The summed E-state index contributed by atoms with van der Waals surface area (Å²) in [5.41, 5.74) is 0.180. The fourth-order valence-electron chi connectivity index (χ4n) is 11.1. The molecule has 5 aliphatic rings. The van der Waals surface area contributed by atoms with Gasteiger partial charge in [0.05, 0.1) is 22.7 Å². The molecule has 2 atom stereocenters. The third-order valence-corrected chi connectivity index (χ3v) is 14.6. The number of benzene rings is 1. The van der Waals surface area contributed by atoms with Crippen LogP contribution in [0.3, 0.4) is 0 Å². The Balaban J connectivity index is 0.971. The maximum atomic E-state index is 13.7. The molecular formula is C44H63NO6. The minimum absolute atomic E-state index is 0.0708. The second-order valence-corrected chi connectivity index (χ2v) is 17.5. The molecule has 0 bridgehead atoms. The Labute approximate surface area is 305 Å². The topological polar surface area (TPSA) is 95.7 Å². The standard InChI is InChI=1S/C44H63NO6/c1-3-28-9-13-30(14-10-28)32-17-21-34(22-18-32)42(46)49-37-25-36(41-45-40-8-6-5-7-39(40)44(48)51-41)26-38(27-37)50-43(47)35-23-19-33(20-24-35)31-15-11-29(4-2)12-16-31/h5-8,28-38H,3-4,9-27H2,1-2H3. The van der Waals surface area contributed by atoms with Crippen molar-refractivity contribution >= 4 is 22.8 Å². The molecule has 1 aromatic heterocycles. The van der Waals surface area contributed by atoms with Crippen LogP contribution in [0.25, 0.3) is 10.9 Å². The number of fused-ring (bicyclic) bond motifs is 1. The number of esters is 2. The van der Waals surface area contributed by atoms with Crippen LogP contribution < -0.4 is 5.63 Å². The Morgan fingerprint density at radius 2 is 1.06 bits per heavy atom. The largest absolute Gasteiger partial charge is 0.462 e.